The second-order valence-corrected chi connectivity index (χ2v) is 3.70. The SMILES string of the molecule is O=C1CC=Cc2c1c1ccccc1oc2=O. The van der Waals surface area contributed by atoms with E-state index in [1.54, 1.807) is 30.4 Å². The average molecular weight is 212 g/mol. The molecule has 0 unspecified atom stereocenters. The zero-order chi connectivity index (χ0) is 11.1. The van der Waals surface area contributed by atoms with Gasteiger partial charge in [-0.05, 0) is 6.07 Å². The van der Waals surface area contributed by atoms with Crippen LogP contribution in [0.15, 0.2) is 39.6 Å². The maximum Gasteiger partial charge on any atom is 0.344 e. The summed E-state index contributed by atoms with van der Waals surface area (Å²) in [5.74, 6) is -0.0263. The zero-order valence-electron chi connectivity index (χ0n) is 8.40. The van der Waals surface area contributed by atoms with Crippen LogP contribution in [0.25, 0.3) is 17.0 Å². The number of para-hydroxylation sites is 1. The fraction of sp³-hybridized carbons (Fsp3) is 0.0769. The highest BCUT2D eigenvalue weighted by atomic mass is 16.4. The van der Waals surface area contributed by atoms with Gasteiger partial charge in [-0.25, -0.2) is 4.79 Å². The molecule has 0 fully saturated rings. The van der Waals surface area contributed by atoms with Gasteiger partial charge in [0.1, 0.15) is 5.58 Å². The van der Waals surface area contributed by atoms with Crippen LogP contribution in [0.1, 0.15) is 22.3 Å². The van der Waals surface area contributed by atoms with Crippen molar-refractivity contribution in [2.75, 3.05) is 0 Å². The third-order valence-corrected chi connectivity index (χ3v) is 2.71. The van der Waals surface area contributed by atoms with Gasteiger partial charge in [-0.15, -0.1) is 0 Å². The van der Waals surface area contributed by atoms with E-state index in [0.29, 0.717) is 28.5 Å². The van der Waals surface area contributed by atoms with Gasteiger partial charge in [0.25, 0.3) is 0 Å². The van der Waals surface area contributed by atoms with E-state index >= 15 is 0 Å². The topological polar surface area (TPSA) is 47.3 Å². The molecule has 0 spiro atoms. The fourth-order valence-corrected chi connectivity index (χ4v) is 2.00. The molecule has 0 radical (unpaired) electrons. The fourth-order valence-electron chi connectivity index (χ4n) is 2.00. The Morgan fingerprint density at radius 2 is 1.94 bits per heavy atom. The zero-order valence-corrected chi connectivity index (χ0v) is 8.40. The number of rotatable bonds is 0. The molecule has 0 bridgehead atoms. The normalized spacial score (nSPS) is 14.1. The summed E-state index contributed by atoms with van der Waals surface area (Å²) < 4.78 is 5.15. The Balaban J connectivity index is 2.56. The van der Waals surface area contributed by atoms with E-state index in [0.717, 1.165) is 0 Å². The van der Waals surface area contributed by atoms with Crippen LogP contribution in [-0.2, 0) is 0 Å². The Kier molecular flexibility index (Phi) is 1.80. The van der Waals surface area contributed by atoms with Gasteiger partial charge in [0.05, 0.1) is 5.56 Å². The Morgan fingerprint density at radius 1 is 1.12 bits per heavy atom. The van der Waals surface area contributed by atoms with E-state index in [2.05, 4.69) is 0 Å². The van der Waals surface area contributed by atoms with Crippen LogP contribution in [0.3, 0.4) is 0 Å². The molecule has 1 aliphatic carbocycles. The molecule has 0 atom stereocenters. The number of ketones is 1. The van der Waals surface area contributed by atoms with Crippen LogP contribution in [0.5, 0.6) is 0 Å². The molecular weight excluding hydrogens is 204 g/mol. The van der Waals surface area contributed by atoms with Crippen LogP contribution in [0.4, 0.5) is 0 Å². The third kappa shape index (κ3) is 1.15. The van der Waals surface area contributed by atoms with Crippen molar-refractivity contribution in [3.63, 3.8) is 0 Å². The molecule has 2 aromatic rings. The minimum Gasteiger partial charge on any atom is -0.422 e. The first-order chi connectivity index (χ1) is 7.77. The van der Waals surface area contributed by atoms with Crippen molar-refractivity contribution in [1.29, 1.82) is 0 Å². The number of Topliss-reactive ketones (excluding diaryl/α,β-unsaturated/α-hetero) is 1. The Morgan fingerprint density at radius 3 is 2.81 bits per heavy atom. The molecule has 0 amide bonds. The highest BCUT2D eigenvalue weighted by molar-refractivity contribution is 6.11. The third-order valence-electron chi connectivity index (χ3n) is 2.71. The van der Waals surface area contributed by atoms with Crippen molar-refractivity contribution in [2.24, 2.45) is 0 Å². The molecule has 0 aliphatic heterocycles. The number of hydrogen-bond acceptors (Lipinski definition) is 3. The molecule has 1 aliphatic rings. The predicted octanol–water partition coefficient (Wildman–Crippen LogP) is 2.39. The lowest BCUT2D eigenvalue weighted by atomic mass is 9.94. The Bertz CT molecular complexity index is 677. The number of carbonyl (C=O) groups excluding carboxylic acids is 1. The standard InChI is InChI=1S/C13H8O3/c14-10-6-3-5-9-12(10)8-4-1-2-7-11(8)16-13(9)15/h1-5,7H,6H2. The maximum absolute atomic E-state index is 11.8. The summed E-state index contributed by atoms with van der Waals surface area (Å²) in [6, 6.07) is 7.10. The lowest BCUT2D eigenvalue weighted by Gasteiger charge is -2.10. The lowest BCUT2D eigenvalue weighted by molar-refractivity contribution is 0.0995. The van der Waals surface area contributed by atoms with Gasteiger partial charge in [0, 0.05) is 17.4 Å². The Labute approximate surface area is 91.0 Å². The molecule has 0 N–H and O–H groups in total. The molecule has 1 aromatic carbocycles. The summed E-state index contributed by atoms with van der Waals surface area (Å²) in [5, 5.41) is 0.714. The molecule has 1 aromatic heterocycles. The number of benzene rings is 1. The van der Waals surface area contributed by atoms with Crippen LogP contribution in [-0.4, -0.2) is 5.78 Å². The van der Waals surface area contributed by atoms with E-state index in [1.165, 1.54) is 0 Å². The number of carbonyl (C=O) groups is 1. The molecule has 0 saturated carbocycles. The molecule has 3 heteroatoms. The van der Waals surface area contributed by atoms with Crippen molar-refractivity contribution >= 4 is 22.8 Å². The highest BCUT2D eigenvalue weighted by Gasteiger charge is 2.20. The number of allylic oxidation sites excluding steroid dienone is 1. The summed E-state index contributed by atoms with van der Waals surface area (Å²) in [6.45, 7) is 0. The second-order valence-electron chi connectivity index (χ2n) is 3.70. The predicted molar refractivity (Wildman–Crippen MR) is 60.5 cm³/mol. The van der Waals surface area contributed by atoms with Crippen LogP contribution >= 0.6 is 0 Å². The smallest absolute Gasteiger partial charge is 0.344 e. The van der Waals surface area contributed by atoms with Crippen molar-refractivity contribution in [1.82, 2.24) is 0 Å². The summed E-state index contributed by atoms with van der Waals surface area (Å²) in [7, 11) is 0. The van der Waals surface area contributed by atoms with Gasteiger partial charge in [-0.1, -0.05) is 30.4 Å². The van der Waals surface area contributed by atoms with Gasteiger partial charge in [-0.3, -0.25) is 4.79 Å². The average Bonchev–Trinajstić information content (AvgIpc) is 2.30. The van der Waals surface area contributed by atoms with Gasteiger partial charge >= 0.3 is 5.63 Å². The maximum atomic E-state index is 11.8. The van der Waals surface area contributed by atoms with Crippen molar-refractivity contribution in [2.45, 2.75) is 6.42 Å². The molecular formula is C13H8O3. The number of hydrogen-bond donors (Lipinski definition) is 0. The summed E-state index contributed by atoms with van der Waals surface area (Å²) in [4.78, 5) is 23.5. The molecule has 3 rings (SSSR count). The van der Waals surface area contributed by atoms with Crippen LogP contribution in [0, 0.1) is 0 Å². The van der Waals surface area contributed by atoms with E-state index in [4.69, 9.17) is 4.42 Å². The van der Waals surface area contributed by atoms with Crippen molar-refractivity contribution < 1.29 is 9.21 Å². The van der Waals surface area contributed by atoms with E-state index < -0.39 is 5.63 Å². The van der Waals surface area contributed by atoms with Crippen molar-refractivity contribution in [3.05, 3.63) is 51.9 Å². The Hall–Kier alpha value is -2.16. The van der Waals surface area contributed by atoms with Gasteiger partial charge < -0.3 is 4.42 Å². The first-order valence-electron chi connectivity index (χ1n) is 5.03. The molecule has 0 saturated heterocycles. The van der Waals surface area contributed by atoms with E-state index in [9.17, 15) is 9.59 Å². The molecule has 3 nitrogen and oxygen atoms in total. The van der Waals surface area contributed by atoms with Crippen LogP contribution < -0.4 is 5.63 Å². The second kappa shape index (κ2) is 3.17. The largest absolute Gasteiger partial charge is 0.422 e. The minimum atomic E-state index is -0.446. The lowest BCUT2D eigenvalue weighted by Crippen LogP contribution is -2.14. The number of fused-ring (bicyclic) bond motifs is 3. The van der Waals surface area contributed by atoms with Crippen LogP contribution in [0.2, 0.25) is 0 Å². The molecule has 16 heavy (non-hydrogen) atoms. The molecule has 78 valence electrons. The summed E-state index contributed by atoms with van der Waals surface area (Å²) in [5.41, 5.74) is 0.886. The molecule has 1 heterocycles. The van der Waals surface area contributed by atoms with Crippen molar-refractivity contribution in [3.8, 4) is 0 Å². The monoisotopic (exact) mass is 212 g/mol. The first-order valence-corrected chi connectivity index (χ1v) is 5.03. The van der Waals surface area contributed by atoms with E-state index in [-0.39, 0.29) is 5.78 Å². The minimum absolute atomic E-state index is 0.0263. The van der Waals surface area contributed by atoms with E-state index in [1.807, 2.05) is 6.07 Å². The first kappa shape index (κ1) is 9.09. The summed E-state index contributed by atoms with van der Waals surface area (Å²) in [6.07, 6.45) is 3.70. The summed E-state index contributed by atoms with van der Waals surface area (Å²) >= 11 is 0. The highest BCUT2D eigenvalue weighted by Crippen LogP contribution is 2.24. The quantitative estimate of drug-likeness (QED) is 0.630. The van der Waals surface area contributed by atoms with Gasteiger partial charge in [0.15, 0.2) is 5.78 Å². The van der Waals surface area contributed by atoms with Gasteiger partial charge in [-0.2, -0.15) is 0 Å². The van der Waals surface area contributed by atoms with Gasteiger partial charge in [0.2, 0.25) is 0 Å².